The Labute approximate surface area is 158 Å². The molecule has 0 fully saturated rings. The highest BCUT2D eigenvalue weighted by atomic mass is 35.5. The van der Waals surface area contributed by atoms with Gasteiger partial charge in [-0.05, 0) is 31.2 Å². The largest absolute Gasteiger partial charge is 0.311 e. The lowest BCUT2D eigenvalue weighted by Gasteiger charge is -2.27. The third-order valence-electron chi connectivity index (χ3n) is 4.25. The molecule has 1 aliphatic rings. The molecule has 0 radical (unpaired) electrons. The Morgan fingerprint density at radius 3 is 2.08 bits per heavy atom. The zero-order chi connectivity index (χ0) is 19.2. The first kappa shape index (κ1) is 18.4. The maximum Gasteiger partial charge on any atom is 0.262 e. The summed E-state index contributed by atoms with van der Waals surface area (Å²) >= 11 is 11.8. The second kappa shape index (κ2) is 6.70. The number of benzene rings is 2. The first-order valence-electron chi connectivity index (χ1n) is 7.63. The number of nitrogens with zero attached hydrogens (tertiary/aromatic N) is 2. The number of amides is 3. The molecule has 1 aliphatic heterocycles. The minimum Gasteiger partial charge on any atom is -0.311 e. The summed E-state index contributed by atoms with van der Waals surface area (Å²) in [5.41, 5.74) is 0.210. The number of hydrogen-bond acceptors (Lipinski definition) is 3. The van der Waals surface area contributed by atoms with E-state index in [1.807, 2.05) is 0 Å². The molecule has 1 atom stereocenters. The van der Waals surface area contributed by atoms with Crippen molar-refractivity contribution in [3.05, 3.63) is 63.4 Å². The van der Waals surface area contributed by atoms with Crippen LogP contribution in [0, 0.1) is 5.82 Å². The van der Waals surface area contributed by atoms with Gasteiger partial charge >= 0.3 is 0 Å². The van der Waals surface area contributed by atoms with Crippen LogP contribution >= 0.6 is 23.2 Å². The summed E-state index contributed by atoms with van der Waals surface area (Å²) in [4.78, 5) is 39.8. The number of carbonyl (C=O) groups excluding carboxylic acids is 3. The van der Waals surface area contributed by atoms with E-state index in [4.69, 9.17) is 23.2 Å². The highest BCUT2D eigenvalue weighted by Crippen LogP contribution is 2.33. The Balaban J connectivity index is 1.92. The molecule has 0 aliphatic carbocycles. The predicted molar refractivity (Wildman–Crippen MR) is 96.2 cm³/mol. The molecule has 2 aromatic carbocycles. The van der Waals surface area contributed by atoms with Crippen molar-refractivity contribution in [1.29, 1.82) is 0 Å². The van der Waals surface area contributed by atoms with Crippen LogP contribution in [0.4, 0.5) is 10.1 Å². The quantitative estimate of drug-likeness (QED) is 0.744. The first-order chi connectivity index (χ1) is 12.2. The molecule has 0 N–H and O–H groups in total. The van der Waals surface area contributed by atoms with Gasteiger partial charge in [-0.3, -0.25) is 19.3 Å². The molecule has 0 aromatic heterocycles. The standard InChI is InChI=1S/C18H13Cl2FN2O3/c1-9(16(24)22(2)15-6-4-3-5-14(15)21)23-17(25)10-7-12(19)13(20)8-11(10)18(23)26/h3-9H,1-2H3. The van der Waals surface area contributed by atoms with Gasteiger partial charge in [0.15, 0.2) is 0 Å². The Morgan fingerprint density at radius 2 is 1.58 bits per heavy atom. The summed E-state index contributed by atoms with van der Waals surface area (Å²) in [5, 5.41) is 0.270. The van der Waals surface area contributed by atoms with E-state index in [1.54, 1.807) is 6.07 Å². The minimum absolute atomic E-state index is 0.0482. The number of rotatable bonds is 3. The lowest BCUT2D eigenvalue weighted by atomic mass is 10.1. The second-order valence-corrected chi connectivity index (χ2v) is 6.63. The van der Waals surface area contributed by atoms with E-state index in [9.17, 15) is 18.8 Å². The molecule has 26 heavy (non-hydrogen) atoms. The predicted octanol–water partition coefficient (Wildman–Crippen LogP) is 3.78. The fraction of sp³-hybridized carbons (Fsp3) is 0.167. The van der Waals surface area contributed by atoms with E-state index in [-0.39, 0.29) is 26.9 Å². The number of para-hydroxylation sites is 1. The molecule has 5 nitrogen and oxygen atoms in total. The van der Waals surface area contributed by atoms with Crippen LogP contribution < -0.4 is 4.90 Å². The Bertz CT molecular complexity index is 907. The maximum absolute atomic E-state index is 13.9. The lowest BCUT2D eigenvalue weighted by molar-refractivity contribution is -0.121. The van der Waals surface area contributed by atoms with Crippen LogP contribution in [0.2, 0.25) is 10.0 Å². The molecule has 8 heteroatoms. The monoisotopic (exact) mass is 394 g/mol. The molecule has 134 valence electrons. The van der Waals surface area contributed by atoms with Gasteiger partial charge in [0.25, 0.3) is 11.8 Å². The van der Waals surface area contributed by atoms with E-state index in [1.165, 1.54) is 44.3 Å². The molecule has 2 aromatic rings. The van der Waals surface area contributed by atoms with Crippen LogP contribution in [0.5, 0.6) is 0 Å². The van der Waals surface area contributed by atoms with Crippen LogP contribution in [0.15, 0.2) is 36.4 Å². The van der Waals surface area contributed by atoms with Crippen molar-refractivity contribution in [2.75, 3.05) is 11.9 Å². The van der Waals surface area contributed by atoms with Gasteiger partial charge in [-0.2, -0.15) is 0 Å². The zero-order valence-electron chi connectivity index (χ0n) is 13.8. The zero-order valence-corrected chi connectivity index (χ0v) is 15.3. The van der Waals surface area contributed by atoms with Crippen molar-refractivity contribution in [3.8, 4) is 0 Å². The number of imide groups is 1. The van der Waals surface area contributed by atoms with Crippen molar-refractivity contribution < 1.29 is 18.8 Å². The molecule has 0 saturated heterocycles. The number of hydrogen-bond donors (Lipinski definition) is 0. The second-order valence-electron chi connectivity index (χ2n) is 5.82. The molecule has 3 rings (SSSR count). The van der Waals surface area contributed by atoms with Gasteiger partial charge < -0.3 is 4.90 Å². The summed E-state index contributed by atoms with van der Waals surface area (Å²) in [7, 11) is 1.38. The van der Waals surface area contributed by atoms with E-state index in [0.29, 0.717) is 0 Å². The van der Waals surface area contributed by atoms with Gasteiger partial charge in [0.2, 0.25) is 5.91 Å². The molecule has 1 heterocycles. The van der Waals surface area contributed by atoms with Crippen molar-refractivity contribution >= 4 is 46.6 Å². The number of likely N-dealkylation sites (N-methyl/N-ethyl adjacent to an activating group) is 1. The summed E-state index contributed by atoms with van der Waals surface area (Å²) in [6.45, 7) is 1.41. The van der Waals surface area contributed by atoms with Crippen LogP contribution in [-0.4, -0.2) is 35.7 Å². The van der Waals surface area contributed by atoms with Gasteiger partial charge in [0.05, 0.1) is 26.9 Å². The molecule has 1 unspecified atom stereocenters. The fourth-order valence-electron chi connectivity index (χ4n) is 2.84. The highest BCUT2D eigenvalue weighted by Gasteiger charge is 2.42. The van der Waals surface area contributed by atoms with E-state index < -0.39 is 29.6 Å². The highest BCUT2D eigenvalue weighted by molar-refractivity contribution is 6.43. The summed E-state index contributed by atoms with van der Waals surface area (Å²) in [5.74, 6) is -2.49. The molecular weight excluding hydrogens is 382 g/mol. The summed E-state index contributed by atoms with van der Waals surface area (Å²) < 4.78 is 13.9. The third-order valence-corrected chi connectivity index (χ3v) is 4.97. The fourth-order valence-corrected chi connectivity index (χ4v) is 3.16. The Kier molecular flexibility index (Phi) is 4.73. The van der Waals surface area contributed by atoms with E-state index >= 15 is 0 Å². The molecule has 0 saturated carbocycles. The Morgan fingerprint density at radius 1 is 1.08 bits per heavy atom. The number of fused-ring (bicyclic) bond motifs is 1. The van der Waals surface area contributed by atoms with Crippen LogP contribution in [0.1, 0.15) is 27.6 Å². The van der Waals surface area contributed by atoms with Crippen molar-refractivity contribution in [2.24, 2.45) is 0 Å². The van der Waals surface area contributed by atoms with Gasteiger partial charge in [-0.15, -0.1) is 0 Å². The average Bonchev–Trinajstić information content (AvgIpc) is 2.84. The molecular formula is C18H13Cl2FN2O3. The number of carbonyl (C=O) groups is 3. The molecule has 3 amide bonds. The topological polar surface area (TPSA) is 57.7 Å². The molecule has 0 spiro atoms. The normalized spacial score (nSPS) is 14.4. The summed E-state index contributed by atoms with van der Waals surface area (Å²) in [6.07, 6.45) is 0. The van der Waals surface area contributed by atoms with Crippen molar-refractivity contribution in [2.45, 2.75) is 13.0 Å². The third kappa shape index (κ3) is 2.85. The SMILES string of the molecule is CC(C(=O)N(C)c1ccccc1F)N1C(=O)c2cc(Cl)c(Cl)cc2C1=O. The van der Waals surface area contributed by atoms with Gasteiger partial charge in [-0.1, -0.05) is 35.3 Å². The van der Waals surface area contributed by atoms with Gasteiger partial charge in [0.1, 0.15) is 11.9 Å². The van der Waals surface area contributed by atoms with Gasteiger partial charge in [-0.25, -0.2) is 4.39 Å². The van der Waals surface area contributed by atoms with Crippen LogP contribution in [0.3, 0.4) is 0 Å². The Hall–Kier alpha value is -2.44. The lowest BCUT2D eigenvalue weighted by Crippen LogP contribution is -2.48. The maximum atomic E-state index is 13.9. The molecule has 0 bridgehead atoms. The van der Waals surface area contributed by atoms with Crippen LogP contribution in [-0.2, 0) is 4.79 Å². The number of anilines is 1. The van der Waals surface area contributed by atoms with Gasteiger partial charge in [0, 0.05) is 7.05 Å². The van der Waals surface area contributed by atoms with E-state index in [2.05, 4.69) is 0 Å². The average molecular weight is 395 g/mol. The van der Waals surface area contributed by atoms with Crippen LogP contribution in [0.25, 0.3) is 0 Å². The van der Waals surface area contributed by atoms with Crippen molar-refractivity contribution in [3.63, 3.8) is 0 Å². The first-order valence-corrected chi connectivity index (χ1v) is 8.38. The van der Waals surface area contributed by atoms with E-state index in [0.717, 1.165) is 9.80 Å². The minimum atomic E-state index is -1.13. The summed E-state index contributed by atoms with van der Waals surface area (Å²) in [6, 6.07) is 7.20. The van der Waals surface area contributed by atoms with Crippen molar-refractivity contribution in [1.82, 2.24) is 4.90 Å². The smallest absolute Gasteiger partial charge is 0.262 e. The number of halogens is 3.